The van der Waals surface area contributed by atoms with Crippen molar-refractivity contribution in [1.82, 2.24) is 14.4 Å². The number of halogens is 2. The van der Waals surface area contributed by atoms with Gasteiger partial charge in [-0.05, 0) is 38.3 Å². The van der Waals surface area contributed by atoms with Gasteiger partial charge in [0.1, 0.15) is 5.92 Å². The highest BCUT2D eigenvalue weighted by Crippen LogP contribution is 2.75. The van der Waals surface area contributed by atoms with Gasteiger partial charge in [-0.15, -0.1) is 0 Å². The molecule has 146 valence electrons. The zero-order chi connectivity index (χ0) is 19.6. The lowest BCUT2D eigenvalue weighted by atomic mass is 9.91. The average Bonchev–Trinajstić information content (AvgIpc) is 2.90. The molecule has 1 aromatic heterocycles. The van der Waals surface area contributed by atoms with E-state index in [2.05, 4.69) is 10.1 Å². The van der Waals surface area contributed by atoms with Crippen LogP contribution in [0.5, 0.6) is 0 Å². The SMILES string of the molecule is Cc1ccc(C)c(-c2noc(C3C(F)(F)C34CCN(S(C)(=O)=O)CC4)n2)c1. The van der Waals surface area contributed by atoms with Crippen molar-refractivity contribution in [2.24, 2.45) is 5.41 Å². The van der Waals surface area contributed by atoms with Crippen molar-refractivity contribution in [2.75, 3.05) is 19.3 Å². The number of nitrogens with zero attached hydrogens (tertiary/aromatic N) is 3. The summed E-state index contributed by atoms with van der Waals surface area (Å²) in [7, 11) is -3.37. The number of hydrogen-bond donors (Lipinski definition) is 0. The Bertz CT molecular complexity index is 995. The molecule has 1 unspecified atom stereocenters. The minimum Gasteiger partial charge on any atom is -0.338 e. The van der Waals surface area contributed by atoms with Crippen molar-refractivity contribution in [3.8, 4) is 11.4 Å². The van der Waals surface area contributed by atoms with E-state index in [1.54, 1.807) is 0 Å². The van der Waals surface area contributed by atoms with Gasteiger partial charge in [0.25, 0.3) is 5.92 Å². The first kappa shape index (κ1) is 18.5. The van der Waals surface area contributed by atoms with Crippen LogP contribution in [0.4, 0.5) is 8.78 Å². The highest BCUT2D eigenvalue weighted by Gasteiger charge is 2.82. The molecule has 2 aromatic rings. The highest BCUT2D eigenvalue weighted by atomic mass is 32.2. The van der Waals surface area contributed by atoms with Gasteiger partial charge >= 0.3 is 0 Å². The Labute approximate surface area is 156 Å². The lowest BCUT2D eigenvalue weighted by Gasteiger charge is -2.30. The van der Waals surface area contributed by atoms with E-state index < -0.39 is 27.3 Å². The van der Waals surface area contributed by atoms with Crippen LogP contribution in [0.1, 0.15) is 35.8 Å². The van der Waals surface area contributed by atoms with Crippen LogP contribution in [0, 0.1) is 19.3 Å². The van der Waals surface area contributed by atoms with Crippen molar-refractivity contribution < 1.29 is 21.7 Å². The molecule has 9 heteroatoms. The summed E-state index contributed by atoms with van der Waals surface area (Å²) >= 11 is 0. The van der Waals surface area contributed by atoms with E-state index >= 15 is 0 Å². The first-order chi connectivity index (χ1) is 12.6. The van der Waals surface area contributed by atoms with Crippen LogP contribution in [0.25, 0.3) is 11.4 Å². The lowest BCUT2D eigenvalue weighted by Crippen LogP contribution is -2.40. The molecule has 1 aliphatic heterocycles. The molecule has 1 saturated heterocycles. The Morgan fingerprint density at radius 3 is 2.52 bits per heavy atom. The second-order valence-electron chi connectivity index (χ2n) is 7.65. The maximum Gasteiger partial charge on any atom is 0.266 e. The Morgan fingerprint density at radius 1 is 1.22 bits per heavy atom. The normalized spacial score (nSPS) is 24.3. The summed E-state index contributed by atoms with van der Waals surface area (Å²) in [5.74, 6) is -3.89. The lowest BCUT2D eigenvalue weighted by molar-refractivity contribution is 0.0406. The molecule has 0 radical (unpaired) electrons. The summed E-state index contributed by atoms with van der Waals surface area (Å²) < 4.78 is 59.2. The van der Waals surface area contributed by atoms with Crippen LogP contribution in [0.15, 0.2) is 22.7 Å². The van der Waals surface area contributed by atoms with Crippen LogP contribution >= 0.6 is 0 Å². The van der Waals surface area contributed by atoms with Gasteiger partial charge in [0.2, 0.25) is 21.7 Å². The van der Waals surface area contributed by atoms with Crippen LogP contribution in [0.3, 0.4) is 0 Å². The topological polar surface area (TPSA) is 76.3 Å². The van der Waals surface area contributed by atoms with E-state index in [9.17, 15) is 17.2 Å². The van der Waals surface area contributed by atoms with Crippen molar-refractivity contribution in [2.45, 2.75) is 38.5 Å². The second-order valence-corrected chi connectivity index (χ2v) is 9.63. The molecule has 2 heterocycles. The zero-order valence-corrected chi connectivity index (χ0v) is 16.2. The number of piperidine rings is 1. The first-order valence-corrected chi connectivity index (χ1v) is 10.7. The summed E-state index contributed by atoms with van der Waals surface area (Å²) in [4.78, 5) is 4.27. The van der Waals surface area contributed by atoms with Gasteiger partial charge in [-0.2, -0.15) is 4.98 Å². The molecule has 27 heavy (non-hydrogen) atoms. The van der Waals surface area contributed by atoms with Gasteiger partial charge in [-0.25, -0.2) is 21.5 Å². The summed E-state index contributed by atoms with van der Waals surface area (Å²) in [6.45, 7) is 4.01. The maximum atomic E-state index is 14.7. The van der Waals surface area contributed by atoms with Gasteiger partial charge in [0.05, 0.1) is 11.7 Å². The van der Waals surface area contributed by atoms with E-state index in [-0.39, 0.29) is 31.8 Å². The summed E-state index contributed by atoms with van der Waals surface area (Å²) in [5, 5.41) is 3.92. The Hall–Kier alpha value is -1.87. The molecule has 2 fully saturated rings. The van der Waals surface area contributed by atoms with Crippen LogP contribution in [-0.4, -0.2) is 48.1 Å². The molecule has 6 nitrogen and oxygen atoms in total. The van der Waals surface area contributed by atoms with E-state index in [0.717, 1.165) is 22.9 Å². The van der Waals surface area contributed by atoms with Crippen LogP contribution in [-0.2, 0) is 10.0 Å². The Morgan fingerprint density at radius 2 is 1.89 bits per heavy atom. The maximum absolute atomic E-state index is 14.7. The highest BCUT2D eigenvalue weighted by molar-refractivity contribution is 7.88. The monoisotopic (exact) mass is 397 g/mol. The Balaban J connectivity index is 1.60. The van der Waals surface area contributed by atoms with E-state index in [4.69, 9.17) is 4.52 Å². The quantitative estimate of drug-likeness (QED) is 0.795. The van der Waals surface area contributed by atoms with Crippen LogP contribution in [0.2, 0.25) is 0 Å². The van der Waals surface area contributed by atoms with Gasteiger partial charge in [-0.1, -0.05) is 22.9 Å². The van der Waals surface area contributed by atoms with Crippen LogP contribution < -0.4 is 0 Å². The third-order valence-electron chi connectivity index (χ3n) is 5.90. The fourth-order valence-corrected chi connectivity index (χ4v) is 5.02. The second kappa shape index (κ2) is 5.81. The van der Waals surface area contributed by atoms with Crippen molar-refractivity contribution in [1.29, 1.82) is 0 Å². The van der Waals surface area contributed by atoms with E-state index in [0.29, 0.717) is 5.82 Å². The number of rotatable bonds is 3. The average molecular weight is 397 g/mol. The number of sulfonamides is 1. The number of benzene rings is 1. The molecular formula is C18H21F2N3O3S. The summed E-state index contributed by atoms with van der Waals surface area (Å²) in [6.07, 6.45) is 1.26. The van der Waals surface area contributed by atoms with Gasteiger partial charge in [0, 0.05) is 18.7 Å². The fraction of sp³-hybridized carbons (Fsp3) is 0.556. The molecule has 1 atom stereocenters. The van der Waals surface area contributed by atoms with E-state index in [1.807, 2.05) is 32.0 Å². The third kappa shape index (κ3) is 2.79. The number of aryl methyl sites for hydroxylation is 2. The molecule has 4 rings (SSSR count). The largest absolute Gasteiger partial charge is 0.338 e. The number of alkyl halides is 2. The molecule has 1 aromatic carbocycles. The Kier molecular flexibility index (Phi) is 3.98. The summed E-state index contributed by atoms with van der Waals surface area (Å²) in [5.41, 5.74) is 1.42. The van der Waals surface area contributed by atoms with Gasteiger partial charge in [-0.3, -0.25) is 0 Å². The molecule has 0 N–H and O–H groups in total. The molecule has 1 saturated carbocycles. The van der Waals surface area contributed by atoms with Gasteiger partial charge < -0.3 is 4.52 Å². The molecule has 0 amide bonds. The zero-order valence-electron chi connectivity index (χ0n) is 15.4. The summed E-state index contributed by atoms with van der Waals surface area (Å²) in [6, 6.07) is 5.78. The predicted octanol–water partition coefficient (Wildman–Crippen LogP) is 3.13. The molecule has 1 spiro atoms. The predicted molar refractivity (Wildman–Crippen MR) is 95.0 cm³/mol. The third-order valence-corrected chi connectivity index (χ3v) is 7.21. The molecule has 0 bridgehead atoms. The van der Waals surface area contributed by atoms with Crippen molar-refractivity contribution in [3.05, 3.63) is 35.2 Å². The van der Waals surface area contributed by atoms with Crippen molar-refractivity contribution >= 4 is 10.0 Å². The number of hydrogen-bond acceptors (Lipinski definition) is 5. The molecular weight excluding hydrogens is 376 g/mol. The fourth-order valence-electron chi connectivity index (χ4n) is 4.18. The molecule has 1 aliphatic carbocycles. The van der Waals surface area contributed by atoms with Gasteiger partial charge in [0.15, 0.2) is 0 Å². The number of aromatic nitrogens is 2. The van der Waals surface area contributed by atoms with Crippen molar-refractivity contribution in [3.63, 3.8) is 0 Å². The minimum atomic E-state index is -3.37. The smallest absolute Gasteiger partial charge is 0.266 e. The first-order valence-electron chi connectivity index (χ1n) is 8.80. The molecule has 2 aliphatic rings. The standard InChI is InChI=1S/C18H21F2N3O3S/c1-11-4-5-12(2)13(10-11)15-21-16(26-22-15)14-17(18(14,19)20)6-8-23(9-7-17)27(3,24)25/h4-5,10,14H,6-9H2,1-3H3. The minimum absolute atomic E-state index is 0.0660. The van der Waals surface area contributed by atoms with E-state index in [1.165, 1.54) is 4.31 Å².